The largest absolute Gasteiger partial charge is 0.433 e. The van der Waals surface area contributed by atoms with Crippen LogP contribution in [0.2, 0.25) is 0 Å². The van der Waals surface area contributed by atoms with Crippen molar-refractivity contribution in [2.45, 2.75) is 37.6 Å². The summed E-state index contributed by atoms with van der Waals surface area (Å²) in [5.41, 5.74) is 0.753. The van der Waals surface area contributed by atoms with Crippen molar-refractivity contribution in [1.82, 2.24) is 10.3 Å². The lowest BCUT2D eigenvalue weighted by atomic mass is 9.95. The summed E-state index contributed by atoms with van der Waals surface area (Å²) < 4.78 is 52.1. The minimum Gasteiger partial charge on any atom is -0.389 e. The molecule has 1 amide bonds. The van der Waals surface area contributed by atoms with Crippen LogP contribution in [0.5, 0.6) is 0 Å². The van der Waals surface area contributed by atoms with Crippen LogP contribution in [0.4, 0.5) is 17.6 Å². The second-order valence-corrected chi connectivity index (χ2v) is 7.95. The lowest BCUT2D eigenvalue weighted by Crippen LogP contribution is -2.34. The molecule has 4 nitrogen and oxygen atoms in total. The van der Waals surface area contributed by atoms with Gasteiger partial charge in [-0.05, 0) is 66.8 Å². The van der Waals surface area contributed by atoms with Crippen LogP contribution in [0.15, 0.2) is 60.8 Å². The number of carbonyl (C=O) groups is 1. The molecule has 4 rings (SSSR count). The first-order valence-electron chi connectivity index (χ1n) is 10.0. The van der Waals surface area contributed by atoms with E-state index in [4.69, 9.17) is 0 Å². The molecule has 2 aromatic carbocycles. The van der Waals surface area contributed by atoms with Crippen molar-refractivity contribution in [2.75, 3.05) is 0 Å². The van der Waals surface area contributed by atoms with E-state index in [2.05, 4.69) is 10.3 Å². The number of benzene rings is 2. The van der Waals surface area contributed by atoms with Gasteiger partial charge in [-0.3, -0.25) is 9.78 Å². The molecule has 0 saturated heterocycles. The van der Waals surface area contributed by atoms with Gasteiger partial charge in [0, 0.05) is 17.3 Å². The Labute approximate surface area is 181 Å². The highest BCUT2D eigenvalue weighted by Gasteiger charge is 2.45. The predicted molar refractivity (Wildman–Crippen MR) is 110 cm³/mol. The van der Waals surface area contributed by atoms with Gasteiger partial charge in [-0.1, -0.05) is 24.3 Å². The second-order valence-electron chi connectivity index (χ2n) is 7.95. The van der Waals surface area contributed by atoms with Crippen LogP contribution < -0.4 is 5.32 Å². The average Bonchev–Trinajstić information content (AvgIpc) is 3.53. The molecule has 0 radical (unpaired) electrons. The van der Waals surface area contributed by atoms with E-state index in [0.717, 1.165) is 30.7 Å². The van der Waals surface area contributed by atoms with E-state index in [1.165, 1.54) is 31.2 Å². The summed E-state index contributed by atoms with van der Waals surface area (Å²) in [6.45, 7) is 1.40. The number of alkyl halides is 3. The Morgan fingerprint density at radius 3 is 2.25 bits per heavy atom. The van der Waals surface area contributed by atoms with Crippen molar-refractivity contribution in [3.8, 4) is 11.1 Å². The summed E-state index contributed by atoms with van der Waals surface area (Å²) in [7, 11) is 0. The number of aliphatic hydroxyl groups is 1. The third-order valence-electron chi connectivity index (χ3n) is 5.63. The SMILES string of the molecule is CC(O)c1cc(C(F)(F)F)ncc1-c1ccc(C2(NC(=O)c3ccc(F)cc3)CC2)cc1. The Morgan fingerprint density at radius 2 is 1.72 bits per heavy atom. The van der Waals surface area contributed by atoms with Gasteiger partial charge >= 0.3 is 6.18 Å². The number of rotatable bonds is 5. The first-order chi connectivity index (χ1) is 15.1. The van der Waals surface area contributed by atoms with Crippen LogP contribution in [-0.2, 0) is 11.7 Å². The molecule has 0 aliphatic heterocycles. The molecule has 8 heteroatoms. The molecule has 1 aliphatic rings. The van der Waals surface area contributed by atoms with E-state index in [0.29, 0.717) is 16.7 Å². The zero-order valence-electron chi connectivity index (χ0n) is 17.1. The molecular formula is C24H20F4N2O2. The maximum atomic E-state index is 13.1. The summed E-state index contributed by atoms with van der Waals surface area (Å²) in [5, 5.41) is 13.0. The van der Waals surface area contributed by atoms with Crippen molar-refractivity contribution in [1.29, 1.82) is 0 Å². The summed E-state index contributed by atoms with van der Waals surface area (Å²) in [6, 6.07) is 13.2. The quantitative estimate of drug-likeness (QED) is 0.520. The van der Waals surface area contributed by atoms with Gasteiger partial charge in [-0.2, -0.15) is 13.2 Å². The molecule has 1 unspecified atom stereocenters. The van der Waals surface area contributed by atoms with Gasteiger partial charge in [0.05, 0.1) is 11.6 Å². The molecule has 166 valence electrons. The molecule has 1 atom stereocenters. The first-order valence-corrected chi connectivity index (χ1v) is 10.0. The monoisotopic (exact) mass is 444 g/mol. The molecule has 2 N–H and O–H groups in total. The van der Waals surface area contributed by atoms with Crippen molar-refractivity contribution in [2.24, 2.45) is 0 Å². The van der Waals surface area contributed by atoms with Crippen molar-refractivity contribution in [3.63, 3.8) is 0 Å². The second kappa shape index (κ2) is 8.02. The summed E-state index contributed by atoms with van der Waals surface area (Å²) in [4.78, 5) is 16.1. The van der Waals surface area contributed by atoms with E-state index in [1.807, 2.05) is 0 Å². The fraction of sp³-hybridized carbons (Fsp3) is 0.250. The number of carbonyl (C=O) groups excluding carboxylic acids is 1. The summed E-state index contributed by atoms with van der Waals surface area (Å²) in [5.74, 6) is -0.734. The van der Waals surface area contributed by atoms with Gasteiger partial charge in [0.2, 0.25) is 0 Å². The molecular weight excluding hydrogens is 424 g/mol. The molecule has 1 saturated carbocycles. The smallest absolute Gasteiger partial charge is 0.389 e. The maximum Gasteiger partial charge on any atom is 0.433 e. The normalized spacial score (nSPS) is 15.8. The van der Waals surface area contributed by atoms with Crippen LogP contribution >= 0.6 is 0 Å². The van der Waals surface area contributed by atoms with Crippen LogP contribution in [0.1, 0.15) is 53.0 Å². The molecule has 1 aliphatic carbocycles. The van der Waals surface area contributed by atoms with Crippen LogP contribution in [0, 0.1) is 5.82 Å². The Hall–Kier alpha value is -3.26. The Kier molecular flexibility index (Phi) is 5.50. The summed E-state index contributed by atoms with van der Waals surface area (Å²) in [6.07, 6.45) is -3.13. The third-order valence-corrected chi connectivity index (χ3v) is 5.63. The highest BCUT2D eigenvalue weighted by molar-refractivity contribution is 5.95. The topological polar surface area (TPSA) is 62.2 Å². The zero-order chi connectivity index (χ0) is 23.1. The zero-order valence-corrected chi connectivity index (χ0v) is 17.1. The lowest BCUT2D eigenvalue weighted by molar-refractivity contribution is -0.141. The Balaban J connectivity index is 1.58. The molecule has 1 fully saturated rings. The van der Waals surface area contributed by atoms with E-state index in [1.54, 1.807) is 24.3 Å². The number of nitrogens with zero attached hydrogens (tertiary/aromatic N) is 1. The van der Waals surface area contributed by atoms with Crippen LogP contribution in [0.3, 0.4) is 0 Å². The lowest BCUT2D eigenvalue weighted by Gasteiger charge is -2.19. The average molecular weight is 444 g/mol. The van der Waals surface area contributed by atoms with Gasteiger partial charge in [0.25, 0.3) is 5.91 Å². The molecule has 1 aromatic heterocycles. The predicted octanol–water partition coefficient (Wildman–Crippen LogP) is 5.38. The van der Waals surface area contributed by atoms with Crippen molar-refractivity contribution < 1.29 is 27.5 Å². The fourth-order valence-electron chi connectivity index (χ4n) is 3.68. The Morgan fingerprint density at radius 1 is 1.09 bits per heavy atom. The molecule has 0 spiro atoms. The number of hydrogen-bond donors (Lipinski definition) is 2. The number of amides is 1. The van der Waals surface area contributed by atoms with Crippen LogP contribution in [0.25, 0.3) is 11.1 Å². The van der Waals surface area contributed by atoms with Gasteiger partial charge in [0.15, 0.2) is 0 Å². The van der Waals surface area contributed by atoms with E-state index >= 15 is 0 Å². The van der Waals surface area contributed by atoms with E-state index in [9.17, 15) is 27.5 Å². The van der Waals surface area contributed by atoms with Gasteiger partial charge in [-0.15, -0.1) is 0 Å². The molecule has 3 aromatic rings. The van der Waals surface area contributed by atoms with Gasteiger partial charge < -0.3 is 10.4 Å². The van der Waals surface area contributed by atoms with Crippen LogP contribution in [-0.4, -0.2) is 16.0 Å². The van der Waals surface area contributed by atoms with E-state index in [-0.39, 0.29) is 11.5 Å². The van der Waals surface area contributed by atoms with E-state index < -0.39 is 29.3 Å². The molecule has 32 heavy (non-hydrogen) atoms. The summed E-state index contributed by atoms with van der Waals surface area (Å²) >= 11 is 0. The fourth-order valence-corrected chi connectivity index (χ4v) is 3.68. The van der Waals surface area contributed by atoms with Crippen molar-refractivity contribution in [3.05, 3.63) is 89.0 Å². The molecule has 1 heterocycles. The highest BCUT2D eigenvalue weighted by atomic mass is 19.4. The number of hydrogen-bond acceptors (Lipinski definition) is 3. The maximum absolute atomic E-state index is 13.1. The molecule has 0 bridgehead atoms. The van der Waals surface area contributed by atoms with Crippen molar-refractivity contribution >= 4 is 5.91 Å². The minimum atomic E-state index is -4.60. The number of aromatic nitrogens is 1. The standard InChI is InChI=1S/C24H20F4N2O2/c1-14(31)19-12-21(24(26,27)28)29-13-20(19)15-2-6-17(7-3-15)23(10-11-23)30-22(32)16-4-8-18(25)9-5-16/h2-9,12-14,31H,10-11H2,1H3,(H,30,32). The third kappa shape index (κ3) is 4.36. The van der Waals surface area contributed by atoms with Gasteiger partial charge in [0.1, 0.15) is 11.5 Å². The highest BCUT2D eigenvalue weighted by Crippen LogP contribution is 2.46. The van der Waals surface area contributed by atoms with Gasteiger partial charge in [-0.25, -0.2) is 4.39 Å². The first kappa shape index (κ1) is 22.0. The number of nitrogens with one attached hydrogen (secondary N) is 1. The number of aliphatic hydroxyl groups excluding tert-OH is 1. The Bertz CT molecular complexity index is 1140. The number of pyridine rings is 1. The number of halogens is 4. The minimum absolute atomic E-state index is 0.130.